The highest BCUT2D eigenvalue weighted by atomic mass is 35.5. The van der Waals surface area contributed by atoms with E-state index in [1.54, 1.807) is 17.0 Å². The van der Waals surface area contributed by atoms with E-state index in [1.165, 1.54) is 36.0 Å². The van der Waals surface area contributed by atoms with Gasteiger partial charge in [0.15, 0.2) is 5.17 Å². The lowest BCUT2D eigenvalue weighted by Gasteiger charge is -2.28. The zero-order valence-corrected chi connectivity index (χ0v) is 15.1. The first-order valence-electron chi connectivity index (χ1n) is 7.87. The van der Waals surface area contributed by atoms with E-state index in [-0.39, 0.29) is 11.7 Å². The molecule has 1 aliphatic rings. The Labute approximate surface area is 158 Å². The summed E-state index contributed by atoms with van der Waals surface area (Å²) < 4.78 is 28.8. The highest BCUT2D eigenvalue weighted by molar-refractivity contribution is 8.13. The normalized spacial score (nSPS) is 16.2. The largest absolute Gasteiger partial charge is 0.435 e. The standard InChI is InChI=1S/C18H15ClF2N2O2S/c19-14-4-1-2-5-15(14)22-18-23(10-3-11-26-18)16(24)12-6-8-13(9-7-12)25-17(20)21/h1-2,4-9,17H,3,10-11H2. The average molecular weight is 397 g/mol. The molecular formula is C18H15ClF2N2O2S. The Kier molecular flexibility index (Phi) is 6.11. The quantitative estimate of drug-likeness (QED) is 0.712. The lowest BCUT2D eigenvalue weighted by molar-refractivity contribution is -0.0498. The lowest BCUT2D eigenvalue weighted by atomic mass is 10.2. The third kappa shape index (κ3) is 4.53. The number of para-hydroxylation sites is 1. The van der Waals surface area contributed by atoms with Crippen LogP contribution in [0, 0.1) is 0 Å². The van der Waals surface area contributed by atoms with Crippen LogP contribution in [0.5, 0.6) is 5.75 Å². The van der Waals surface area contributed by atoms with Crippen LogP contribution in [0.15, 0.2) is 53.5 Å². The highest BCUT2D eigenvalue weighted by Crippen LogP contribution is 2.29. The Morgan fingerprint density at radius 1 is 1.19 bits per heavy atom. The number of carbonyl (C=O) groups is 1. The fourth-order valence-corrected chi connectivity index (χ4v) is 3.55. The van der Waals surface area contributed by atoms with Crippen molar-refractivity contribution in [1.29, 1.82) is 0 Å². The number of rotatable bonds is 4. The molecule has 1 heterocycles. The number of amides is 1. The summed E-state index contributed by atoms with van der Waals surface area (Å²) in [6.45, 7) is -2.37. The molecule has 0 aliphatic carbocycles. The zero-order chi connectivity index (χ0) is 18.5. The minimum atomic E-state index is -2.90. The molecule has 0 atom stereocenters. The molecule has 0 unspecified atom stereocenters. The minimum Gasteiger partial charge on any atom is -0.435 e. The number of carbonyl (C=O) groups excluding carboxylic acids is 1. The summed E-state index contributed by atoms with van der Waals surface area (Å²) in [6.07, 6.45) is 0.838. The molecule has 2 aromatic carbocycles. The van der Waals surface area contributed by atoms with E-state index in [0.29, 0.717) is 28.0 Å². The van der Waals surface area contributed by atoms with Gasteiger partial charge in [0.25, 0.3) is 5.91 Å². The van der Waals surface area contributed by atoms with Gasteiger partial charge in [0, 0.05) is 17.9 Å². The molecular weight excluding hydrogens is 382 g/mol. The van der Waals surface area contributed by atoms with Crippen molar-refractivity contribution in [3.63, 3.8) is 0 Å². The van der Waals surface area contributed by atoms with Crippen LogP contribution in [0.2, 0.25) is 5.02 Å². The Balaban J connectivity index is 1.83. The second-order valence-electron chi connectivity index (χ2n) is 5.41. The first kappa shape index (κ1) is 18.7. The Morgan fingerprint density at radius 2 is 1.92 bits per heavy atom. The number of ether oxygens (including phenoxy) is 1. The predicted octanol–water partition coefficient (Wildman–Crippen LogP) is 5.21. The van der Waals surface area contributed by atoms with E-state index in [4.69, 9.17) is 11.6 Å². The van der Waals surface area contributed by atoms with Gasteiger partial charge in [-0.3, -0.25) is 9.69 Å². The van der Waals surface area contributed by atoms with Crippen molar-refractivity contribution in [2.75, 3.05) is 12.3 Å². The van der Waals surface area contributed by atoms with Crippen molar-refractivity contribution in [3.05, 3.63) is 59.1 Å². The number of amidine groups is 1. The number of thioether (sulfide) groups is 1. The maximum absolute atomic E-state index is 12.8. The van der Waals surface area contributed by atoms with Crippen LogP contribution < -0.4 is 4.74 Å². The van der Waals surface area contributed by atoms with Crippen LogP contribution in [-0.2, 0) is 0 Å². The number of hydrogen-bond donors (Lipinski definition) is 0. The molecule has 0 bridgehead atoms. The topological polar surface area (TPSA) is 41.9 Å². The van der Waals surface area contributed by atoms with Crippen LogP contribution in [0.25, 0.3) is 0 Å². The van der Waals surface area contributed by atoms with Gasteiger partial charge in [-0.25, -0.2) is 4.99 Å². The van der Waals surface area contributed by atoms with E-state index in [1.807, 2.05) is 12.1 Å². The molecule has 1 saturated heterocycles. The first-order valence-corrected chi connectivity index (χ1v) is 9.24. The molecule has 0 aromatic heterocycles. The monoisotopic (exact) mass is 396 g/mol. The van der Waals surface area contributed by atoms with Crippen LogP contribution in [-0.4, -0.2) is 34.9 Å². The van der Waals surface area contributed by atoms with Crippen molar-refractivity contribution in [2.24, 2.45) is 4.99 Å². The first-order chi connectivity index (χ1) is 12.5. The van der Waals surface area contributed by atoms with E-state index in [9.17, 15) is 13.6 Å². The van der Waals surface area contributed by atoms with Gasteiger partial charge in [-0.2, -0.15) is 8.78 Å². The maximum Gasteiger partial charge on any atom is 0.387 e. The van der Waals surface area contributed by atoms with E-state index in [2.05, 4.69) is 9.73 Å². The molecule has 0 saturated carbocycles. The number of nitrogens with zero attached hydrogens (tertiary/aromatic N) is 2. The zero-order valence-electron chi connectivity index (χ0n) is 13.6. The SMILES string of the molecule is O=C(c1ccc(OC(F)F)cc1)N1CCCSC1=Nc1ccccc1Cl. The van der Waals surface area contributed by atoms with Crippen LogP contribution >= 0.6 is 23.4 Å². The number of aliphatic imine (C=N–C) groups is 1. The predicted molar refractivity (Wildman–Crippen MR) is 99.7 cm³/mol. The smallest absolute Gasteiger partial charge is 0.387 e. The van der Waals surface area contributed by atoms with Crippen LogP contribution in [0.1, 0.15) is 16.8 Å². The van der Waals surface area contributed by atoms with Crippen molar-refractivity contribution in [3.8, 4) is 5.75 Å². The summed E-state index contributed by atoms with van der Waals surface area (Å²) in [5.74, 6) is 0.620. The Morgan fingerprint density at radius 3 is 2.62 bits per heavy atom. The average Bonchev–Trinajstić information content (AvgIpc) is 2.64. The number of halogens is 3. The molecule has 1 aliphatic heterocycles. The van der Waals surface area contributed by atoms with Gasteiger partial charge in [0.1, 0.15) is 5.75 Å². The number of benzene rings is 2. The molecule has 0 N–H and O–H groups in total. The molecule has 2 aromatic rings. The summed E-state index contributed by atoms with van der Waals surface area (Å²) in [6, 6.07) is 12.8. The van der Waals surface area contributed by atoms with Gasteiger partial charge in [-0.15, -0.1) is 0 Å². The van der Waals surface area contributed by atoms with Gasteiger partial charge in [0.2, 0.25) is 0 Å². The molecule has 3 rings (SSSR count). The Hall–Kier alpha value is -2.12. The van der Waals surface area contributed by atoms with Crippen molar-refractivity contribution in [2.45, 2.75) is 13.0 Å². The summed E-state index contributed by atoms with van der Waals surface area (Å²) in [7, 11) is 0. The fraction of sp³-hybridized carbons (Fsp3) is 0.222. The summed E-state index contributed by atoms with van der Waals surface area (Å²) in [5, 5.41) is 1.08. The lowest BCUT2D eigenvalue weighted by Crippen LogP contribution is -2.39. The van der Waals surface area contributed by atoms with Crippen LogP contribution in [0.4, 0.5) is 14.5 Å². The van der Waals surface area contributed by atoms with Crippen molar-refractivity contribution < 1.29 is 18.3 Å². The molecule has 1 fully saturated rings. The van der Waals surface area contributed by atoms with E-state index >= 15 is 0 Å². The summed E-state index contributed by atoms with van der Waals surface area (Å²) in [4.78, 5) is 18.9. The van der Waals surface area contributed by atoms with Gasteiger partial charge in [-0.05, 0) is 42.8 Å². The molecule has 136 valence electrons. The third-order valence-corrected chi connectivity index (χ3v) is 5.01. The molecule has 1 amide bonds. The summed E-state index contributed by atoms with van der Waals surface area (Å²) >= 11 is 7.63. The molecule has 8 heteroatoms. The molecule has 0 radical (unpaired) electrons. The Bertz CT molecular complexity index is 815. The molecule has 4 nitrogen and oxygen atoms in total. The molecule has 26 heavy (non-hydrogen) atoms. The van der Waals surface area contributed by atoms with Gasteiger partial charge in [-0.1, -0.05) is 35.5 Å². The molecule has 0 spiro atoms. The van der Waals surface area contributed by atoms with Crippen LogP contribution in [0.3, 0.4) is 0 Å². The number of alkyl halides is 2. The van der Waals surface area contributed by atoms with E-state index in [0.717, 1.165) is 12.2 Å². The van der Waals surface area contributed by atoms with Gasteiger partial charge < -0.3 is 4.74 Å². The number of hydrogen-bond acceptors (Lipinski definition) is 4. The summed E-state index contributed by atoms with van der Waals surface area (Å²) in [5.41, 5.74) is 0.970. The third-order valence-electron chi connectivity index (χ3n) is 3.63. The fourth-order valence-electron chi connectivity index (χ4n) is 2.42. The maximum atomic E-state index is 12.8. The second kappa shape index (κ2) is 8.51. The highest BCUT2D eigenvalue weighted by Gasteiger charge is 2.25. The van der Waals surface area contributed by atoms with Crippen molar-refractivity contribution >= 4 is 40.1 Å². The van der Waals surface area contributed by atoms with Gasteiger partial charge in [0.05, 0.1) is 10.7 Å². The minimum absolute atomic E-state index is 0.00882. The van der Waals surface area contributed by atoms with Gasteiger partial charge >= 0.3 is 6.61 Å². The van der Waals surface area contributed by atoms with Crippen molar-refractivity contribution in [1.82, 2.24) is 4.90 Å². The van der Waals surface area contributed by atoms with E-state index < -0.39 is 6.61 Å². The second-order valence-corrected chi connectivity index (χ2v) is 6.88.